The van der Waals surface area contributed by atoms with Gasteiger partial charge in [-0.25, -0.2) is 9.48 Å². The number of pyridine rings is 1. The number of aromatic nitrogens is 3. The number of amides is 1. The standard InChI is InChI=1S/C17H18N4O2S/c22-16(19-9-3-4-14(19)13-7-11-24-12-13)6-10-21-17(23)20-8-2-1-5-15(20)18-21/h1-2,5,7-8,11-12,14H,3-4,6,9-10H2. The molecule has 1 aliphatic rings. The summed E-state index contributed by atoms with van der Waals surface area (Å²) in [5.41, 5.74) is 1.62. The van der Waals surface area contributed by atoms with E-state index in [0.717, 1.165) is 19.4 Å². The van der Waals surface area contributed by atoms with Crippen LogP contribution in [0.15, 0.2) is 46.0 Å². The fourth-order valence-corrected chi connectivity index (χ4v) is 4.04. The monoisotopic (exact) mass is 342 g/mol. The number of rotatable bonds is 4. The van der Waals surface area contributed by atoms with Gasteiger partial charge in [0.05, 0.1) is 12.6 Å². The van der Waals surface area contributed by atoms with Gasteiger partial charge in [-0.1, -0.05) is 6.07 Å². The molecule has 124 valence electrons. The van der Waals surface area contributed by atoms with Crippen molar-refractivity contribution in [3.05, 3.63) is 57.3 Å². The number of nitrogens with zero attached hydrogens (tertiary/aromatic N) is 4. The molecule has 0 aromatic carbocycles. The van der Waals surface area contributed by atoms with E-state index in [1.165, 1.54) is 14.6 Å². The zero-order valence-corrected chi connectivity index (χ0v) is 14.0. The van der Waals surface area contributed by atoms with Crippen LogP contribution in [0.4, 0.5) is 0 Å². The van der Waals surface area contributed by atoms with Crippen molar-refractivity contribution in [1.82, 2.24) is 19.1 Å². The van der Waals surface area contributed by atoms with E-state index in [-0.39, 0.29) is 17.6 Å². The highest BCUT2D eigenvalue weighted by molar-refractivity contribution is 7.07. The van der Waals surface area contributed by atoms with Crippen LogP contribution in [0.1, 0.15) is 30.9 Å². The average molecular weight is 342 g/mol. The lowest BCUT2D eigenvalue weighted by atomic mass is 10.1. The van der Waals surface area contributed by atoms with E-state index < -0.39 is 0 Å². The highest BCUT2D eigenvalue weighted by Crippen LogP contribution is 2.33. The van der Waals surface area contributed by atoms with Crippen LogP contribution in [-0.2, 0) is 11.3 Å². The van der Waals surface area contributed by atoms with E-state index >= 15 is 0 Å². The molecule has 1 atom stereocenters. The second kappa shape index (κ2) is 6.24. The molecule has 24 heavy (non-hydrogen) atoms. The van der Waals surface area contributed by atoms with Crippen LogP contribution in [0.2, 0.25) is 0 Å². The lowest BCUT2D eigenvalue weighted by Gasteiger charge is -2.24. The molecule has 1 amide bonds. The topological polar surface area (TPSA) is 59.6 Å². The molecule has 4 rings (SSSR count). The van der Waals surface area contributed by atoms with Crippen molar-refractivity contribution in [1.29, 1.82) is 0 Å². The van der Waals surface area contributed by atoms with Gasteiger partial charge < -0.3 is 4.90 Å². The minimum Gasteiger partial charge on any atom is -0.336 e. The first-order chi connectivity index (χ1) is 11.7. The SMILES string of the molecule is O=C(CCn1nc2ccccn2c1=O)N1CCCC1c1ccsc1. The normalized spacial score (nSPS) is 17.7. The number of aryl methyl sites for hydroxylation is 1. The zero-order chi connectivity index (χ0) is 16.5. The lowest BCUT2D eigenvalue weighted by Crippen LogP contribution is -2.32. The van der Waals surface area contributed by atoms with Crippen molar-refractivity contribution in [3.8, 4) is 0 Å². The third kappa shape index (κ3) is 2.65. The fourth-order valence-electron chi connectivity index (χ4n) is 3.34. The molecule has 6 nitrogen and oxygen atoms in total. The molecular weight excluding hydrogens is 324 g/mol. The number of thiophene rings is 1. The summed E-state index contributed by atoms with van der Waals surface area (Å²) in [6, 6.07) is 7.69. The van der Waals surface area contributed by atoms with Gasteiger partial charge in [0.25, 0.3) is 0 Å². The highest BCUT2D eigenvalue weighted by atomic mass is 32.1. The Balaban J connectivity index is 1.48. The predicted octanol–water partition coefficient (Wildman–Crippen LogP) is 2.31. The van der Waals surface area contributed by atoms with Gasteiger partial charge in [0, 0.05) is 19.2 Å². The fraction of sp³-hybridized carbons (Fsp3) is 0.353. The minimum atomic E-state index is -0.200. The van der Waals surface area contributed by atoms with Crippen molar-refractivity contribution in [3.63, 3.8) is 0 Å². The summed E-state index contributed by atoms with van der Waals surface area (Å²) in [5.74, 6) is 0.0904. The molecule has 7 heteroatoms. The van der Waals surface area contributed by atoms with E-state index in [0.29, 0.717) is 18.6 Å². The number of hydrogen-bond donors (Lipinski definition) is 0. The van der Waals surface area contributed by atoms with Crippen molar-refractivity contribution < 1.29 is 4.79 Å². The molecule has 3 aromatic heterocycles. The predicted molar refractivity (Wildman–Crippen MR) is 92.1 cm³/mol. The molecule has 1 unspecified atom stereocenters. The molecule has 0 saturated carbocycles. The Morgan fingerprint density at radius 1 is 1.33 bits per heavy atom. The summed E-state index contributed by atoms with van der Waals surface area (Å²) in [5, 5.41) is 8.44. The molecule has 0 aliphatic carbocycles. The van der Waals surface area contributed by atoms with E-state index in [9.17, 15) is 9.59 Å². The van der Waals surface area contributed by atoms with Gasteiger partial charge in [0.2, 0.25) is 5.91 Å². The molecule has 1 fully saturated rings. The van der Waals surface area contributed by atoms with E-state index in [1.807, 2.05) is 16.3 Å². The summed E-state index contributed by atoms with van der Waals surface area (Å²) in [6.07, 6.45) is 4.03. The van der Waals surface area contributed by atoms with Crippen molar-refractivity contribution in [2.24, 2.45) is 0 Å². The molecule has 0 spiro atoms. The zero-order valence-electron chi connectivity index (χ0n) is 13.2. The van der Waals surface area contributed by atoms with Crippen LogP contribution in [-0.4, -0.2) is 31.5 Å². The molecule has 4 heterocycles. The maximum atomic E-state index is 12.6. The lowest BCUT2D eigenvalue weighted by molar-refractivity contribution is -0.132. The van der Waals surface area contributed by atoms with E-state index in [1.54, 1.807) is 29.7 Å². The molecule has 1 saturated heterocycles. The summed E-state index contributed by atoms with van der Waals surface area (Å²) in [7, 11) is 0. The Bertz CT molecular complexity index is 912. The van der Waals surface area contributed by atoms with Gasteiger partial charge >= 0.3 is 5.69 Å². The van der Waals surface area contributed by atoms with E-state index in [2.05, 4.69) is 16.5 Å². The van der Waals surface area contributed by atoms with Gasteiger partial charge in [-0.05, 0) is 47.4 Å². The van der Waals surface area contributed by atoms with Crippen molar-refractivity contribution in [2.45, 2.75) is 31.8 Å². The second-order valence-corrected chi connectivity index (χ2v) is 6.77. The second-order valence-electron chi connectivity index (χ2n) is 5.99. The summed E-state index contributed by atoms with van der Waals surface area (Å²) in [4.78, 5) is 26.8. The van der Waals surface area contributed by atoms with Crippen LogP contribution in [0.5, 0.6) is 0 Å². The minimum absolute atomic E-state index is 0.0904. The van der Waals surface area contributed by atoms with Gasteiger partial charge in [0.15, 0.2) is 5.65 Å². The maximum Gasteiger partial charge on any atom is 0.350 e. The number of fused-ring (bicyclic) bond motifs is 1. The molecule has 0 radical (unpaired) electrons. The Kier molecular flexibility index (Phi) is 3.93. The molecule has 3 aromatic rings. The first-order valence-electron chi connectivity index (χ1n) is 8.10. The Morgan fingerprint density at radius 2 is 2.25 bits per heavy atom. The number of hydrogen-bond acceptors (Lipinski definition) is 4. The first kappa shape index (κ1) is 15.1. The first-order valence-corrected chi connectivity index (χ1v) is 9.04. The third-order valence-electron chi connectivity index (χ3n) is 4.53. The highest BCUT2D eigenvalue weighted by Gasteiger charge is 2.29. The van der Waals surface area contributed by atoms with E-state index in [4.69, 9.17) is 0 Å². The van der Waals surface area contributed by atoms with Crippen LogP contribution in [0.3, 0.4) is 0 Å². The largest absolute Gasteiger partial charge is 0.350 e. The summed E-state index contributed by atoms with van der Waals surface area (Å²) in [6.45, 7) is 1.10. The van der Waals surface area contributed by atoms with Crippen LogP contribution >= 0.6 is 11.3 Å². The number of carbonyl (C=O) groups excluding carboxylic acids is 1. The van der Waals surface area contributed by atoms with Gasteiger partial charge in [-0.2, -0.15) is 11.3 Å². The van der Waals surface area contributed by atoms with Gasteiger partial charge in [-0.15, -0.1) is 5.10 Å². The summed E-state index contributed by atoms with van der Waals surface area (Å²) >= 11 is 1.66. The van der Waals surface area contributed by atoms with Crippen molar-refractivity contribution >= 4 is 22.9 Å². The maximum absolute atomic E-state index is 12.6. The number of likely N-dealkylation sites (tertiary alicyclic amines) is 1. The summed E-state index contributed by atoms with van der Waals surface area (Å²) < 4.78 is 2.87. The molecular formula is C17H18N4O2S. The van der Waals surface area contributed by atoms with Crippen LogP contribution in [0, 0.1) is 0 Å². The molecule has 1 aliphatic heterocycles. The van der Waals surface area contributed by atoms with Gasteiger partial charge in [0.1, 0.15) is 0 Å². The third-order valence-corrected chi connectivity index (χ3v) is 5.23. The number of carbonyl (C=O) groups is 1. The van der Waals surface area contributed by atoms with Crippen molar-refractivity contribution in [2.75, 3.05) is 6.54 Å². The smallest absolute Gasteiger partial charge is 0.336 e. The molecule has 0 N–H and O–H groups in total. The Morgan fingerprint density at radius 3 is 3.04 bits per heavy atom. The Hall–Kier alpha value is -2.41. The Labute approximate surface area is 142 Å². The molecule has 0 bridgehead atoms. The van der Waals surface area contributed by atoms with Crippen LogP contribution in [0.25, 0.3) is 5.65 Å². The van der Waals surface area contributed by atoms with Gasteiger partial charge in [-0.3, -0.25) is 9.20 Å². The quantitative estimate of drug-likeness (QED) is 0.731. The average Bonchev–Trinajstić information content (AvgIpc) is 3.33. The van der Waals surface area contributed by atoms with Crippen LogP contribution < -0.4 is 5.69 Å².